The number of carboxylic acid groups (broad SMARTS) is 1. The van der Waals surface area contributed by atoms with Gasteiger partial charge in [0.1, 0.15) is 5.54 Å². The molecule has 0 saturated heterocycles. The van der Waals surface area contributed by atoms with Crippen LogP contribution in [0.2, 0.25) is 0 Å². The molecule has 1 aromatic rings. The van der Waals surface area contributed by atoms with Crippen LogP contribution in [0.3, 0.4) is 0 Å². The van der Waals surface area contributed by atoms with Crippen LogP contribution in [0.5, 0.6) is 0 Å². The summed E-state index contributed by atoms with van der Waals surface area (Å²) < 4.78 is 26.8. The molecule has 2 N–H and O–H groups in total. The van der Waals surface area contributed by atoms with E-state index in [4.69, 9.17) is 5.11 Å². The van der Waals surface area contributed by atoms with E-state index in [-0.39, 0.29) is 4.90 Å². The van der Waals surface area contributed by atoms with Gasteiger partial charge in [0.15, 0.2) is 0 Å². The van der Waals surface area contributed by atoms with Gasteiger partial charge < -0.3 is 5.11 Å². The highest BCUT2D eigenvalue weighted by Gasteiger charge is 2.32. The molecule has 0 bridgehead atoms. The lowest BCUT2D eigenvalue weighted by molar-refractivity contribution is -0.142. The van der Waals surface area contributed by atoms with Gasteiger partial charge in [-0.1, -0.05) is 0 Å². The highest BCUT2D eigenvalue weighted by molar-refractivity contribution is 14.1. The normalized spacial score (nSPS) is 12.4. The zero-order valence-corrected chi connectivity index (χ0v) is 12.2. The first-order valence-electron chi connectivity index (χ1n) is 4.68. The van der Waals surface area contributed by atoms with E-state index in [2.05, 4.69) is 27.3 Å². The Morgan fingerprint density at radius 1 is 1.29 bits per heavy atom. The van der Waals surface area contributed by atoms with Crippen molar-refractivity contribution in [3.05, 3.63) is 27.8 Å². The zero-order valence-electron chi connectivity index (χ0n) is 9.27. The van der Waals surface area contributed by atoms with Gasteiger partial charge >= 0.3 is 5.97 Å². The summed E-state index contributed by atoms with van der Waals surface area (Å²) >= 11 is 2.05. The predicted molar refractivity (Wildman–Crippen MR) is 71.2 cm³/mol. The van der Waals surface area contributed by atoms with E-state index in [0.717, 1.165) is 3.57 Å². The van der Waals surface area contributed by atoms with Crippen molar-refractivity contribution >= 4 is 38.6 Å². The Bertz CT molecular complexity index is 522. The summed E-state index contributed by atoms with van der Waals surface area (Å²) in [6.07, 6.45) is 0. The molecule has 1 rings (SSSR count). The second-order valence-corrected chi connectivity index (χ2v) is 6.92. The quantitative estimate of drug-likeness (QED) is 0.787. The Balaban J connectivity index is 3.05. The zero-order chi connectivity index (χ0) is 13.3. The van der Waals surface area contributed by atoms with Crippen molar-refractivity contribution in [2.75, 3.05) is 0 Å². The van der Waals surface area contributed by atoms with Gasteiger partial charge in [-0.15, -0.1) is 0 Å². The maximum absolute atomic E-state index is 11.9. The second kappa shape index (κ2) is 4.91. The summed E-state index contributed by atoms with van der Waals surface area (Å²) in [4.78, 5) is 10.9. The number of hydrogen-bond donors (Lipinski definition) is 2. The van der Waals surface area contributed by atoms with Gasteiger partial charge in [-0.2, -0.15) is 4.72 Å². The SMILES string of the molecule is CC(C)(NS(=O)(=O)c1ccc(I)cc1)C(=O)O. The molecule has 0 aliphatic carbocycles. The monoisotopic (exact) mass is 369 g/mol. The Kier molecular flexibility index (Phi) is 4.15. The third kappa shape index (κ3) is 3.65. The molecule has 0 aliphatic heterocycles. The lowest BCUT2D eigenvalue weighted by atomic mass is 10.1. The molecule has 17 heavy (non-hydrogen) atoms. The number of rotatable bonds is 4. The number of hydrogen-bond acceptors (Lipinski definition) is 3. The van der Waals surface area contributed by atoms with Gasteiger partial charge in [-0.25, -0.2) is 8.42 Å². The van der Waals surface area contributed by atoms with Crippen molar-refractivity contribution in [2.45, 2.75) is 24.3 Å². The molecule has 1 aromatic carbocycles. The van der Waals surface area contributed by atoms with Gasteiger partial charge in [0.2, 0.25) is 10.0 Å². The van der Waals surface area contributed by atoms with Crippen LogP contribution in [0, 0.1) is 3.57 Å². The molecule has 0 heterocycles. The van der Waals surface area contributed by atoms with E-state index in [1.807, 2.05) is 0 Å². The van der Waals surface area contributed by atoms with Crippen LogP contribution in [-0.2, 0) is 14.8 Å². The fourth-order valence-electron chi connectivity index (χ4n) is 1.05. The van der Waals surface area contributed by atoms with E-state index in [1.165, 1.54) is 26.0 Å². The summed E-state index contributed by atoms with van der Waals surface area (Å²) in [6, 6.07) is 6.15. The number of carboxylic acids is 1. The average Bonchev–Trinajstić information content (AvgIpc) is 2.16. The lowest BCUT2D eigenvalue weighted by Crippen LogP contribution is -2.49. The Labute approximate surface area is 113 Å². The van der Waals surface area contributed by atoms with E-state index in [1.54, 1.807) is 12.1 Å². The van der Waals surface area contributed by atoms with Crippen LogP contribution in [0.1, 0.15) is 13.8 Å². The molecule has 7 heteroatoms. The average molecular weight is 369 g/mol. The predicted octanol–water partition coefficient (Wildman–Crippen LogP) is 1.43. The smallest absolute Gasteiger partial charge is 0.324 e. The third-order valence-corrected chi connectivity index (χ3v) is 4.44. The first-order valence-corrected chi connectivity index (χ1v) is 7.24. The molecule has 0 atom stereocenters. The maximum atomic E-state index is 11.9. The minimum atomic E-state index is -3.81. The van der Waals surface area contributed by atoms with Crippen LogP contribution in [0.15, 0.2) is 29.2 Å². The van der Waals surface area contributed by atoms with Crippen molar-refractivity contribution in [3.63, 3.8) is 0 Å². The van der Waals surface area contributed by atoms with E-state index in [0.29, 0.717) is 0 Å². The van der Waals surface area contributed by atoms with Gasteiger partial charge in [0.05, 0.1) is 4.90 Å². The number of benzene rings is 1. The highest BCUT2D eigenvalue weighted by Crippen LogP contribution is 2.15. The van der Waals surface area contributed by atoms with Gasteiger partial charge in [-0.05, 0) is 60.7 Å². The molecular weight excluding hydrogens is 357 g/mol. The second-order valence-electron chi connectivity index (χ2n) is 3.99. The van der Waals surface area contributed by atoms with Gasteiger partial charge in [-0.3, -0.25) is 4.79 Å². The van der Waals surface area contributed by atoms with Crippen LogP contribution < -0.4 is 4.72 Å². The minimum Gasteiger partial charge on any atom is -0.480 e. The summed E-state index contributed by atoms with van der Waals surface area (Å²) in [7, 11) is -3.81. The molecule has 0 spiro atoms. The summed E-state index contributed by atoms with van der Waals surface area (Å²) in [5, 5.41) is 8.87. The van der Waals surface area contributed by atoms with E-state index < -0.39 is 21.5 Å². The molecule has 0 amide bonds. The van der Waals surface area contributed by atoms with Gasteiger partial charge in [0.25, 0.3) is 0 Å². The first kappa shape index (κ1) is 14.4. The molecule has 0 unspecified atom stereocenters. The number of carbonyl (C=O) groups is 1. The summed E-state index contributed by atoms with van der Waals surface area (Å²) in [6.45, 7) is 2.58. The molecule has 0 radical (unpaired) electrons. The van der Waals surface area contributed by atoms with Crippen LogP contribution >= 0.6 is 22.6 Å². The highest BCUT2D eigenvalue weighted by atomic mass is 127. The first-order chi connectivity index (χ1) is 7.65. The summed E-state index contributed by atoms with van der Waals surface area (Å²) in [5.41, 5.74) is -1.54. The van der Waals surface area contributed by atoms with E-state index in [9.17, 15) is 13.2 Å². The van der Waals surface area contributed by atoms with Crippen molar-refractivity contribution < 1.29 is 18.3 Å². The van der Waals surface area contributed by atoms with Gasteiger partial charge in [0, 0.05) is 3.57 Å². The molecule has 94 valence electrons. The van der Waals surface area contributed by atoms with E-state index >= 15 is 0 Å². The van der Waals surface area contributed by atoms with Crippen molar-refractivity contribution in [3.8, 4) is 0 Å². The Hall–Kier alpha value is -0.670. The summed E-state index contributed by atoms with van der Waals surface area (Å²) in [5.74, 6) is -1.23. The molecule has 0 aromatic heterocycles. The minimum absolute atomic E-state index is 0.0484. The van der Waals surface area contributed by atoms with Crippen molar-refractivity contribution in [1.82, 2.24) is 4.72 Å². The third-order valence-electron chi connectivity index (χ3n) is 2.05. The van der Waals surface area contributed by atoms with Crippen LogP contribution in [-0.4, -0.2) is 25.0 Å². The standard InChI is InChI=1S/C10H12INO4S/c1-10(2,9(13)14)12-17(15,16)8-5-3-7(11)4-6-8/h3-6,12H,1-2H3,(H,13,14). The Morgan fingerprint density at radius 2 is 1.76 bits per heavy atom. The van der Waals surface area contributed by atoms with Crippen molar-refractivity contribution in [2.24, 2.45) is 0 Å². The molecule has 5 nitrogen and oxygen atoms in total. The van der Waals surface area contributed by atoms with Crippen LogP contribution in [0.25, 0.3) is 0 Å². The molecule has 0 aliphatic rings. The number of sulfonamides is 1. The number of aliphatic carboxylic acids is 1. The van der Waals surface area contributed by atoms with Crippen molar-refractivity contribution in [1.29, 1.82) is 0 Å². The topological polar surface area (TPSA) is 83.5 Å². The number of halogens is 1. The lowest BCUT2D eigenvalue weighted by Gasteiger charge is -2.20. The van der Waals surface area contributed by atoms with Crippen LogP contribution in [0.4, 0.5) is 0 Å². The maximum Gasteiger partial charge on any atom is 0.324 e. The number of nitrogens with one attached hydrogen (secondary N) is 1. The fraction of sp³-hybridized carbons (Fsp3) is 0.300. The Morgan fingerprint density at radius 3 is 2.18 bits per heavy atom. The largest absolute Gasteiger partial charge is 0.480 e. The molecule has 0 saturated carbocycles. The fourth-order valence-corrected chi connectivity index (χ4v) is 2.78. The molecule has 0 fully saturated rings. The molecular formula is C10H12INO4S.